The maximum absolute atomic E-state index is 9.84. The molecule has 92 valence electrons. The van der Waals surface area contributed by atoms with Gasteiger partial charge < -0.3 is 9.84 Å². The summed E-state index contributed by atoms with van der Waals surface area (Å²) in [6.45, 7) is 4.71. The van der Waals surface area contributed by atoms with Crippen molar-refractivity contribution >= 4 is 10.9 Å². The van der Waals surface area contributed by atoms with Crippen LogP contribution in [0.25, 0.3) is 10.9 Å². The highest BCUT2D eigenvalue weighted by Crippen LogP contribution is 2.13. The largest absolute Gasteiger partial charge is 0.389 e. The van der Waals surface area contributed by atoms with Crippen molar-refractivity contribution in [1.82, 2.24) is 9.78 Å². The van der Waals surface area contributed by atoms with Crippen LogP contribution in [-0.4, -0.2) is 33.7 Å². The maximum atomic E-state index is 9.84. The Balaban J connectivity index is 2.03. The molecule has 0 amide bonds. The standard InChI is InChI=1S/C13H18N2O2/c1-10(2)17-9-12(16)8-15-13-6-4-3-5-11(13)7-14-15/h3-7,10,12,16H,8-9H2,1-2H3. The number of rotatable bonds is 5. The fourth-order valence-corrected chi connectivity index (χ4v) is 1.73. The van der Waals surface area contributed by atoms with Gasteiger partial charge in [-0.05, 0) is 19.9 Å². The van der Waals surface area contributed by atoms with E-state index in [1.807, 2.05) is 49.0 Å². The van der Waals surface area contributed by atoms with Crippen LogP contribution in [0.5, 0.6) is 0 Å². The summed E-state index contributed by atoms with van der Waals surface area (Å²) in [5.41, 5.74) is 1.04. The van der Waals surface area contributed by atoms with Crippen molar-refractivity contribution in [2.24, 2.45) is 0 Å². The van der Waals surface area contributed by atoms with Crippen LogP contribution in [0.1, 0.15) is 13.8 Å². The first-order valence-corrected chi connectivity index (χ1v) is 5.87. The van der Waals surface area contributed by atoms with Crippen molar-refractivity contribution in [2.45, 2.75) is 32.6 Å². The molecule has 17 heavy (non-hydrogen) atoms. The van der Waals surface area contributed by atoms with E-state index < -0.39 is 6.10 Å². The highest BCUT2D eigenvalue weighted by molar-refractivity contribution is 5.78. The van der Waals surface area contributed by atoms with Gasteiger partial charge in [-0.2, -0.15) is 5.10 Å². The summed E-state index contributed by atoms with van der Waals surface area (Å²) in [4.78, 5) is 0. The molecule has 0 aliphatic heterocycles. The fraction of sp³-hybridized carbons (Fsp3) is 0.462. The number of benzene rings is 1. The van der Waals surface area contributed by atoms with Gasteiger partial charge in [0.05, 0.1) is 37.1 Å². The van der Waals surface area contributed by atoms with E-state index in [-0.39, 0.29) is 6.10 Å². The lowest BCUT2D eigenvalue weighted by Gasteiger charge is -2.14. The molecule has 2 rings (SSSR count). The Morgan fingerprint density at radius 3 is 2.88 bits per heavy atom. The fourth-order valence-electron chi connectivity index (χ4n) is 1.73. The lowest BCUT2D eigenvalue weighted by Crippen LogP contribution is -2.24. The summed E-state index contributed by atoms with van der Waals surface area (Å²) in [6, 6.07) is 7.96. The van der Waals surface area contributed by atoms with Gasteiger partial charge in [-0.1, -0.05) is 18.2 Å². The summed E-state index contributed by atoms with van der Waals surface area (Å²) in [6.07, 6.45) is 1.42. The Bertz CT molecular complexity index is 479. The Labute approximate surface area is 101 Å². The molecule has 0 aliphatic carbocycles. The Morgan fingerprint density at radius 1 is 1.35 bits per heavy atom. The molecule has 0 saturated carbocycles. The van der Waals surface area contributed by atoms with Crippen LogP contribution < -0.4 is 0 Å². The van der Waals surface area contributed by atoms with Gasteiger partial charge in [0, 0.05) is 5.39 Å². The third kappa shape index (κ3) is 3.05. The van der Waals surface area contributed by atoms with Gasteiger partial charge >= 0.3 is 0 Å². The lowest BCUT2D eigenvalue weighted by molar-refractivity contribution is -0.00152. The van der Waals surface area contributed by atoms with Crippen LogP contribution in [0, 0.1) is 0 Å². The molecule has 0 spiro atoms. The minimum atomic E-state index is -0.527. The third-order valence-corrected chi connectivity index (χ3v) is 2.56. The van der Waals surface area contributed by atoms with Crippen LogP contribution in [0.4, 0.5) is 0 Å². The van der Waals surface area contributed by atoms with Crippen LogP contribution in [0.2, 0.25) is 0 Å². The predicted octanol–water partition coefficient (Wildman–Crippen LogP) is 1.82. The molecule has 0 fully saturated rings. The normalized spacial score (nSPS) is 13.4. The van der Waals surface area contributed by atoms with Crippen molar-refractivity contribution in [1.29, 1.82) is 0 Å². The topological polar surface area (TPSA) is 47.3 Å². The summed E-state index contributed by atoms with van der Waals surface area (Å²) in [5, 5.41) is 15.2. The monoisotopic (exact) mass is 234 g/mol. The molecule has 0 saturated heterocycles. The van der Waals surface area contributed by atoms with Crippen molar-refractivity contribution < 1.29 is 9.84 Å². The van der Waals surface area contributed by atoms with E-state index in [1.54, 1.807) is 0 Å². The molecular weight excluding hydrogens is 216 g/mol. The first kappa shape index (κ1) is 12.1. The molecular formula is C13H18N2O2. The lowest BCUT2D eigenvalue weighted by atomic mass is 10.2. The molecule has 1 atom stereocenters. The molecule has 0 bridgehead atoms. The van der Waals surface area contributed by atoms with E-state index in [9.17, 15) is 5.11 Å². The predicted molar refractivity (Wildman–Crippen MR) is 66.8 cm³/mol. The summed E-state index contributed by atoms with van der Waals surface area (Å²) < 4.78 is 7.18. The average molecular weight is 234 g/mol. The quantitative estimate of drug-likeness (QED) is 0.858. The Hall–Kier alpha value is -1.39. The van der Waals surface area contributed by atoms with Gasteiger partial charge in [0.15, 0.2) is 0 Å². The Kier molecular flexibility index (Phi) is 3.76. The van der Waals surface area contributed by atoms with Crippen molar-refractivity contribution in [3.05, 3.63) is 30.5 Å². The first-order chi connectivity index (χ1) is 8.16. The zero-order chi connectivity index (χ0) is 12.3. The van der Waals surface area contributed by atoms with Crippen molar-refractivity contribution in [3.8, 4) is 0 Å². The van der Waals surface area contributed by atoms with E-state index in [1.165, 1.54) is 0 Å². The van der Waals surface area contributed by atoms with E-state index in [4.69, 9.17) is 4.74 Å². The minimum Gasteiger partial charge on any atom is -0.389 e. The minimum absolute atomic E-state index is 0.138. The zero-order valence-corrected chi connectivity index (χ0v) is 10.2. The number of aliphatic hydroxyl groups is 1. The molecule has 0 radical (unpaired) electrons. The van der Waals surface area contributed by atoms with Gasteiger partial charge in [0.2, 0.25) is 0 Å². The second-order valence-electron chi connectivity index (χ2n) is 4.42. The molecule has 1 aromatic heterocycles. The number of para-hydroxylation sites is 1. The van der Waals surface area contributed by atoms with E-state index in [2.05, 4.69) is 5.10 Å². The number of hydrogen-bond donors (Lipinski definition) is 1. The highest BCUT2D eigenvalue weighted by Gasteiger charge is 2.09. The molecule has 1 aromatic carbocycles. The van der Waals surface area contributed by atoms with Gasteiger partial charge in [-0.15, -0.1) is 0 Å². The number of hydrogen-bond acceptors (Lipinski definition) is 3. The molecule has 1 heterocycles. The van der Waals surface area contributed by atoms with Crippen LogP contribution in [0.15, 0.2) is 30.5 Å². The van der Waals surface area contributed by atoms with Crippen LogP contribution in [-0.2, 0) is 11.3 Å². The van der Waals surface area contributed by atoms with Gasteiger partial charge in [-0.25, -0.2) is 0 Å². The van der Waals surface area contributed by atoms with Crippen molar-refractivity contribution in [2.75, 3.05) is 6.61 Å². The maximum Gasteiger partial charge on any atom is 0.0969 e. The van der Waals surface area contributed by atoms with Crippen LogP contribution in [0.3, 0.4) is 0 Å². The molecule has 0 aliphatic rings. The number of aromatic nitrogens is 2. The van der Waals surface area contributed by atoms with Gasteiger partial charge in [0.1, 0.15) is 0 Å². The molecule has 1 N–H and O–H groups in total. The SMILES string of the molecule is CC(C)OCC(O)Cn1ncc2ccccc21. The second kappa shape index (κ2) is 5.29. The summed E-state index contributed by atoms with van der Waals surface area (Å²) in [5.74, 6) is 0. The second-order valence-corrected chi connectivity index (χ2v) is 4.42. The number of ether oxygens (including phenoxy) is 1. The van der Waals surface area contributed by atoms with Crippen LogP contribution >= 0.6 is 0 Å². The summed E-state index contributed by atoms with van der Waals surface area (Å²) >= 11 is 0. The molecule has 4 nitrogen and oxygen atoms in total. The van der Waals surface area contributed by atoms with E-state index in [0.717, 1.165) is 10.9 Å². The molecule has 1 unspecified atom stereocenters. The smallest absolute Gasteiger partial charge is 0.0969 e. The zero-order valence-electron chi connectivity index (χ0n) is 10.2. The average Bonchev–Trinajstić information content (AvgIpc) is 2.70. The number of nitrogens with zero attached hydrogens (tertiary/aromatic N) is 2. The summed E-state index contributed by atoms with van der Waals surface area (Å²) in [7, 11) is 0. The van der Waals surface area contributed by atoms with E-state index >= 15 is 0 Å². The number of aliphatic hydroxyl groups excluding tert-OH is 1. The van der Waals surface area contributed by atoms with Gasteiger partial charge in [-0.3, -0.25) is 4.68 Å². The van der Waals surface area contributed by atoms with Crippen molar-refractivity contribution in [3.63, 3.8) is 0 Å². The number of fused-ring (bicyclic) bond motifs is 1. The molecule has 2 aromatic rings. The highest BCUT2D eigenvalue weighted by atomic mass is 16.5. The van der Waals surface area contributed by atoms with E-state index in [0.29, 0.717) is 13.2 Å². The van der Waals surface area contributed by atoms with Gasteiger partial charge in [0.25, 0.3) is 0 Å². The third-order valence-electron chi connectivity index (χ3n) is 2.56. The first-order valence-electron chi connectivity index (χ1n) is 5.87. The molecule has 4 heteroatoms. The Morgan fingerprint density at radius 2 is 2.12 bits per heavy atom.